The second kappa shape index (κ2) is 7.66. The fourth-order valence-electron chi connectivity index (χ4n) is 1.75. The molecule has 7 heteroatoms. The number of anilines is 1. The molecule has 0 aliphatic rings. The number of carboxylic acid groups (broad SMARTS) is 1. The molecule has 1 atom stereocenters. The van der Waals surface area contributed by atoms with Crippen LogP contribution in [0.2, 0.25) is 5.02 Å². The minimum atomic E-state index is -1.06. The van der Waals surface area contributed by atoms with Crippen molar-refractivity contribution in [2.45, 2.75) is 33.2 Å². The molecule has 0 saturated heterocycles. The first-order valence-corrected chi connectivity index (χ1v) is 7.63. The zero-order valence-corrected chi connectivity index (χ0v) is 14.4. The van der Waals surface area contributed by atoms with Gasteiger partial charge in [0.05, 0.1) is 5.69 Å². The third-order valence-corrected chi connectivity index (χ3v) is 3.87. The maximum Gasteiger partial charge on any atom is 0.326 e. The van der Waals surface area contributed by atoms with Crippen molar-refractivity contribution in [2.75, 3.05) is 5.32 Å². The van der Waals surface area contributed by atoms with Gasteiger partial charge in [-0.25, -0.2) is 9.59 Å². The van der Waals surface area contributed by atoms with E-state index >= 15 is 0 Å². The van der Waals surface area contributed by atoms with Gasteiger partial charge in [0.25, 0.3) is 0 Å². The van der Waals surface area contributed by atoms with Crippen molar-refractivity contribution in [1.82, 2.24) is 5.32 Å². The van der Waals surface area contributed by atoms with Gasteiger partial charge in [-0.15, -0.1) is 0 Å². The number of hydrogen-bond donors (Lipinski definition) is 3. The van der Waals surface area contributed by atoms with E-state index in [1.807, 2.05) is 20.8 Å². The van der Waals surface area contributed by atoms with Crippen molar-refractivity contribution in [3.05, 3.63) is 27.2 Å². The summed E-state index contributed by atoms with van der Waals surface area (Å²) in [7, 11) is 0. The third kappa shape index (κ3) is 5.55. The van der Waals surface area contributed by atoms with Gasteiger partial charge in [-0.3, -0.25) is 0 Å². The van der Waals surface area contributed by atoms with Crippen LogP contribution in [0.5, 0.6) is 0 Å². The van der Waals surface area contributed by atoms with Crippen LogP contribution in [0, 0.1) is 12.8 Å². The van der Waals surface area contributed by atoms with Gasteiger partial charge in [-0.1, -0.05) is 25.4 Å². The normalized spacial score (nSPS) is 12.1. The van der Waals surface area contributed by atoms with Crippen LogP contribution >= 0.6 is 27.5 Å². The highest BCUT2D eigenvalue weighted by Crippen LogP contribution is 2.29. The van der Waals surface area contributed by atoms with Crippen LogP contribution in [0.1, 0.15) is 25.8 Å². The van der Waals surface area contributed by atoms with E-state index in [2.05, 4.69) is 26.6 Å². The number of hydrogen-bond acceptors (Lipinski definition) is 2. The molecule has 0 heterocycles. The highest BCUT2D eigenvalue weighted by molar-refractivity contribution is 9.10. The predicted octanol–water partition coefficient (Wildman–Crippen LogP) is 4.03. The predicted molar refractivity (Wildman–Crippen MR) is 86.9 cm³/mol. The average Bonchev–Trinajstić information content (AvgIpc) is 2.34. The summed E-state index contributed by atoms with van der Waals surface area (Å²) in [5, 5.41) is 14.7. The first-order valence-electron chi connectivity index (χ1n) is 6.46. The monoisotopic (exact) mass is 376 g/mol. The fraction of sp³-hybridized carbons (Fsp3) is 0.429. The van der Waals surface area contributed by atoms with Gasteiger partial charge in [0.1, 0.15) is 6.04 Å². The molecule has 0 unspecified atom stereocenters. The maximum absolute atomic E-state index is 11.9. The van der Waals surface area contributed by atoms with Gasteiger partial charge in [-0.2, -0.15) is 0 Å². The number of aryl methyl sites for hydroxylation is 1. The molecule has 1 rings (SSSR count). The number of carbonyl (C=O) groups excluding carboxylic acids is 1. The Balaban J connectivity index is 2.77. The number of nitrogens with one attached hydrogen (secondary N) is 2. The van der Waals surface area contributed by atoms with Gasteiger partial charge in [0.2, 0.25) is 0 Å². The second-order valence-electron chi connectivity index (χ2n) is 5.20. The molecule has 0 fully saturated rings. The number of benzene rings is 1. The SMILES string of the molecule is Cc1cc(Br)c(NC(=O)N[C@@H](CC(C)C)C(=O)O)cc1Cl. The Kier molecular flexibility index (Phi) is 6.48. The van der Waals surface area contributed by atoms with Crippen molar-refractivity contribution >= 4 is 45.2 Å². The fourth-order valence-corrected chi connectivity index (χ4v) is 2.47. The molecule has 2 amide bonds. The van der Waals surface area contributed by atoms with Gasteiger partial charge < -0.3 is 15.7 Å². The Labute approximate surface area is 137 Å². The van der Waals surface area contributed by atoms with E-state index in [1.165, 1.54) is 0 Å². The zero-order valence-electron chi connectivity index (χ0n) is 12.0. The average molecular weight is 378 g/mol. The van der Waals surface area contributed by atoms with Crippen LogP contribution in [0.4, 0.5) is 10.5 Å². The van der Waals surface area contributed by atoms with E-state index in [9.17, 15) is 9.59 Å². The van der Waals surface area contributed by atoms with Crippen LogP contribution in [0.3, 0.4) is 0 Å². The molecular weight excluding hydrogens is 360 g/mol. The molecule has 5 nitrogen and oxygen atoms in total. The summed E-state index contributed by atoms with van der Waals surface area (Å²) >= 11 is 9.34. The molecule has 1 aromatic carbocycles. The van der Waals surface area contributed by atoms with E-state index in [1.54, 1.807) is 12.1 Å². The van der Waals surface area contributed by atoms with Gasteiger partial charge >= 0.3 is 12.0 Å². The lowest BCUT2D eigenvalue weighted by atomic mass is 10.0. The molecule has 1 aromatic rings. The zero-order chi connectivity index (χ0) is 16.2. The molecule has 0 radical (unpaired) electrons. The van der Waals surface area contributed by atoms with Crippen LogP contribution in [0.15, 0.2) is 16.6 Å². The number of rotatable bonds is 5. The maximum atomic E-state index is 11.9. The number of urea groups is 1. The lowest BCUT2D eigenvalue weighted by molar-refractivity contribution is -0.139. The first kappa shape index (κ1) is 17.8. The molecule has 0 aromatic heterocycles. The standard InChI is InChI=1S/C14H18BrClN2O3/c1-7(2)4-12(13(19)20)18-14(21)17-11-6-10(16)8(3)5-9(11)15/h5-7,12H,4H2,1-3H3,(H,19,20)(H2,17,18,21)/t12-/m0/s1. The van der Waals surface area contributed by atoms with E-state index < -0.39 is 18.0 Å². The minimum Gasteiger partial charge on any atom is -0.480 e. The van der Waals surface area contributed by atoms with Crippen LogP contribution in [0.25, 0.3) is 0 Å². The number of halogens is 2. The highest BCUT2D eigenvalue weighted by atomic mass is 79.9. The van der Waals surface area contributed by atoms with Gasteiger partial charge in [0, 0.05) is 9.50 Å². The number of amides is 2. The van der Waals surface area contributed by atoms with E-state index in [-0.39, 0.29) is 5.92 Å². The van der Waals surface area contributed by atoms with Crippen LogP contribution in [-0.2, 0) is 4.79 Å². The molecule has 116 valence electrons. The quantitative estimate of drug-likeness (QED) is 0.725. The smallest absolute Gasteiger partial charge is 0.326 e. The van der Waals surface area contributed by atoms with Crippen molar-refractivity contribution in [1.29, 1.82) is 0 Å². The topological polar surface area (TPSA) is 78.4 Å². The summed E-state index contributed by atoms with van der Waals surface area (Å²) in [5.41, 5.74) is 1.36. The summed E-state index contributed by atoms with van der Waals surface area (Å²) in [6.07, 6.45) is 0.360. The second-order valence-corrected chi connectivity index (χ2v) is 6.46. The Hall–Kier alpha value is -1.27. The molecule has 0 aliphatic heterocycles. The summed E-state index contributed by atoms with van der Waals surface area (Å²) in [6.45, 7) is 5.64. The van der Waals surface area contributed by atoms with Crippen LogP contribution in [-0.4, -0.2) is 23.1 Å². The Bertz CT molecular complexity index is 549. The number of aliphatic carboxylic acids is 1. The van der Waals surface area contributed by atoms with Gasteiger partial charge in [0.15, 0.2) is 0 Å². The van der Waals surface area contributed by atoms with Crippen molar-refractivity contribution in [3.8, 4) is 0 Å². The van der Waals surface area contributed by atoms with Crippen LogP contribution < -0.4 is 10.6 Å². The molecular formula is C14H18BrClN2O3. The summed E-state index contributed by atoms with van der Waals surface area (Å²) in [4.78, 5) is 23.0. The Morgan fingerprint density at radius 1 is 1.38 bits per heavy atom. The van der Waals surface area contributed by atoms with Crippen molar-refractivity contribution < 1.29 is 14.7 Å². The van der Waals surface area contributed by atoms with Crippen molar-refractivity contribution in [3.63, 3.8) is 0 Å². The van der Waals surface area contributed by atoms with Gasteiger partial charge in [-0.05, 0) is 52.9 Å². The molecule has 0 aliphatic carbocycles. The molecule has 0 spiro atoms. The highest BCUT2D eigenvalue weighted by Gasteiger charge is 2.21. The molecule has 0 bridgehead atoms. The number of carbonyl (C=O) groups is 2. The van der Waals surface area contributed by atoms with E-state index in [0.717, 1.165) is 5.56 Å². The summed E-state index contributed by atoms with van der Waals surface area (Å²) < 4.78 is 0.676. The Morgan fingerprint density at radius 3 is 2.52 bits per heavy atom. The van der Waals surface area contributed by atoms with E-state index in [4.69, 9.17) is 16.7 Å². The van der Waals surface area contributed by atoms with E-state index in [0.29, 0.717) is 21.6 Å². The minimum absolute atomic E-state index is 0.159. The first-order chi connectivity index (χ1) is 9.70. The molecule has 21 heavy (non-hydrogen) atoms. The lowest BCUT2D eigenvalue weighted by Crippen LogP contribution is -2.43. The molecule has 3 N–H and O–H groups in total. The number of carboxylic acids is 1. The summed E-state index contributed by atoms with van der Waals surface area (Å²) in [5.74, 6) is -0.896. The summed E-state index contributed by atoms with van der Waals surface area (Å²) in [6, 6.07) is 1.88. The Morgan fingerprint density at radius 2 is 2.00 bits per heavy atom. The third-order valence-electron chi connectivity index (χ3n) is 2.81. The van der Waals surface area contributed by atoms with Crippen molar-refractivity contribution in [2.24, 2.45) is 5.92 Å². The lowest BCUT2D eigenvalue weighted by Gasteiger charge is -2.17. The molecule has 0 saturated carbocycles. The largest absolute Gasteiger partial charge is 0.480 e.